The molecule has 2 aromatic heterocycles. The molecular formula is C19H25FN4O2S. The molecule has 27 heavy (non-hydrogen) atoms. The van der Waals surface area contributed by atoms with Crippen LogP contribution in [0.3, 0.4) is 0 Å². The van der Waals surface area contributed by atoms with Crippen LogP contribution in [0.5, 0.6) is 5.75 Å². The Bertz CT molecular complexity index is 806. The Labute approximate surface area is 162 Å². The van der Waals surface area contributed by atoms with Gasteiger partial charge in [-0.2, -0.15) is 9.37 Å². The van der Waals surface area contributed by atoms with Gasteiger partial charge in [-0.1, -0.05) is 11.3 Å². The molecule has 1 aliphatic heterocycles. The van der Waals surface area contributed by atoms with Gasteiger partial charge in [-0.15, -0.1) is 0 Å². The lowest BCUT2D eigenvalue weighted by molar-refractivity contribution is -0.114. The first kappa shape index (κ1) is 19.7. The molecule has 0 radical (unpaired) electrons. The van der Waals surface area contributed by atoms with E-state index in [0.717, 1.165) is 30.0 Å². The van der Waals surface area contributed by atoms with Crippen molar-refractivity contribution in [3.8, 4) is 5.75 Å². The van der Waals surface area contributed by atoms with Crippen LogP contribution in [-0.4, -0.2) is 39.5 Å². The number of ether oxygens (including phenoxy) is 1. The number of carbonyl (C=O) groups excluding carboxylic acids is 1. The number of amides is 1. The van der Waals surface area contributed by atoms with Gasteiger partial charge in [0.25, 0.3) is 0 Å². The molecule has 0 saturated carbocycles. The fourth-order valence-corrected chi connectivity index (χ4v) is 4.25. The molecular weight excluding hydrogens is 367 g/mol. The highest BCUT2D eigenvalue weighted by atomic mass is 32.1. The molecule has 146 valence electrons. The van der Waals surface area contributed by atoms with Crippen LogP contribution in [0.2, 0.25) is 0 Å². The monoisotopic (exact) mass is 392 g/mol. The molecule has 1 aliphatic rings. The molecule has 0 spiro atoms. The van der Waals surface area contributed by atoms with E-state index < -0.39 is 5.95 Å². The van der Waals surface area contributed by atoms with Crippen LogP contribution in [0.25, 0.3) is 0 Å². The number of rotatable bonds is 5. The van der Waals surface area contributed by atoms with Crippen molar-refractivity contribution in [2.24, 2.45) is 0 Å². The van der Waals surface area contributed by atoms with E-state index in [1.807, 2.05) is 26.0 Å². The second-order valence-corrected chi connectivity index (χ2v) is 8.18. The summed E-state index contributed by atoms with van der Waals surface area (Å²) in [5.74, 6) is 0.0637. The second kappa shape index (κ2) is 8.31. The number of thiazole rings is 1. The van der Waals surface area contributed by atoms with Gasteiger partial charge >= 0.3 is 0 Å². The van der Waals surface area contributed by atoms with Gasteiger partial charge in [0.05, 0.1) is 4.88 Å². The molecule has 2 aromatic rings. The number of nitrogens with one attached hydrogen (secondary N) is 1. The van der Waals surface area contributed by atoms with Gasteiger partial charge in [0.1, 0.15) is 11.9 Å². The molecule has 0 aromatic carbocycles. The summed E-state index contributed by atoms with van der Waals surface area (Å²) in [7, 11) is 0. The number of nitrogens with zero attached hydrogens (tertiary/aromatic N) is 3. The van der Waals surface area contributed by atoms with E-state index in [0.29, 0.717) is 29.1 Å². The van der Waals surface area contributed by atoms with Crippen LogP contribution in [0.15, 0.2) is 12.1 Å². The first-order chi connectivity index (χ1) is 12.8. The predicted molar refractivity (Wildman–Crippen MR) is 104 cm³/mol. The third-order valence-electron chi connectivity index (χ3n) is 4.60. The summed E-state index contributed by atoms with van der Waals surface area (Å²) in [5.41, 5.74) is 1.87. The third-order valence-corrected chi connectivity index (χ3v) is 5.54. The summed E-state index contributed by atoms with van der Waals surface area (Å²) in [6, 6.07) is 4.21. The first-order valence-corrected chi connectivity index (χ1v) is 9.90. The highest BCUT2D eigenvalue weighted by molar-refractivity contribution is 7.15. The number of hydrogen-bond donors (Lipinski definition) is 1. The summed E-state index contributed by atoms with van der Waals surface area (Å²) in [4.78, 5) is 22.1. The molecule has 0 bridgehead atoms. The maximum absolute atomic E-state index is 14.2. The number of piperidine rings is 1. The number of halogens is 1. The zero-order chi connectivity index (χ0) is 19.6. The summed E-state index contributed by atoms with van der Waals surface area (Å²) in [5, 5.41) is 2.85. The molecule has 1 N–H and O–H groups in total. The Morgan fingerprint density at radius 1 is 1.33 bits per heavy atom. The van der Waals surface area contributed by atoms with Crippen molar-refractivity contribution in [3.05, 3.63) is 34.3 Å². The minimum absolute atomic E-state index is 0.0493. The van der Waals surface area contributed by atoms with Gasteiger partial charge < -0.3 is 10.1 Å². The number of carbonyl (C=O) groups is 1. The summed E-state index contributed by atoms with van der Waals surface area (Å²) >= 11 is 1.18. The predicted octanol–water partition coefficient (Wildman–Crippen LogP) is 3.68. The summed E-state index contributed by atoms with van der Waals surface area (Å²) in [6.07, 6.45) is 1.99. The van der Waals surface area contributed by atoms with Crippen LogP contribution in [0, 0.1) is 19.8 Å². The van der Waals surface area contributed by atoms with E-state index in [2.05, 4.69) is 27.1 Å². The Balaban J connectivity index is 1.66. The Morgan fingerprint density at radius 3 is 2.70 bits per heavy atom. The fraction of sp³-hybridized carbons (Fsp3) is 0.526. The number of aryl methyl sites for hydroxylation is 2. The van der Waals surface area contributed by atoms with Gasteiger partial charge in [0.2, 0.25) is 11.9 Å². The van der Waals surface area contributed by atoms with E-state index in [-0.39, 0.29) is 12.0 Å². The topological polar surface area (TPSA) is 67.4 Å². The molecule has 2 atom stereocenters. The maximum Gasteiger partial charge on any atom is 0.230 e. The quantitative estimate of drug-likeness (QED) is 0.841. The standard InChI is InChI=1S/C19H25FN4O2S/c1-11-7-16(8-12(2)21-11)26-15-6-5-13(3)24(9-15)10-17-18(20)23-19(27-17)22-14(4)25/h7-8,13,15H,5-6,9-10H2,1-4H3,(H,22,23,25)/t13-,15-/m0/s1. The van der Waals surface area contributed by atoms with Crippen molar-refractivity contribution in [1.29, 1.82) is 0 Å². The smallest absolute Gasteiger partial charge is 0.230 e. The third kappa shape index (κ3) is 5.23. The lowest BCUT2D eigenvalue weighted by Gasteiger charge is -2.37. The van der Waals surface area contributed by atoms with Crippen LogP contribution in [0.4, 0.5) is 9.52 Å². The van der Waals surface area contributed by atoms with Gasteiger partial charge in [0, 0.05) is 49.6 Å². The molecule has 3 heterocycles. The van der Waals surface area contributed by atoms with Gasteiger partial charge in [0.15, 0.2) is 5.13 Å². The van der Waals surface area contributed by atoms with Crippen LogP contribution in [-0.2, 0) is 11.3 Å². The molecule has 1 amide bonds. The van der Waals surface area contributed by atoms with Crippen molar-refractivity contribution < 1.29 is 13.9 Å². The average Bonchev–Trinajstić information content (AvgIpc) is 2.88. The highest BCUT2D eigenvalue weighted by Crippen LogP contribution is 2.28. The molecule has 8 heteroatoms. The number of likely N-dealkylation sites (tertiary alicyclic amines) is 1. The molecule has 1 saturated heterocycles. The average molecular weight is 393 g/mol. The highest BCUT2D eigenvalue weighted by Gasteiger charge is 2.28. The van der Waals surface area contributed by atoms with Crippen molar-refractivity contribution in [1.82, 2.24) is 14.9 Å². The number of anilines is 1. The minimum atomic E-state index is -0.514. The van der Waals surface area contributed by atoms with Crippen molar-refractivity contribution >= 4 is 22.4 Å². The van der Waals surface area contributed by atoms with E-state index in [9.17, 15) is 9.18 Å². The Kier molecular flexibility index (Phi) is 6.06. The zero-order valence-corrected chi connectivity index (χ0v) is 16.9. The summed E-state index contributed by atoms with van der Waals surface area (Å²) < 4.78 is 20.3. The van der Waals surface area contributed by atoms with Gasteiger partial charge in [-0.25, -0.2) is 0 Å². The number of pyridine rings is 1. The molecule has 0 unspecified atom stereocenters. The first-order valence-electron chi connectivity index (χ1n) is 9.09. The zero-order valence-electron chi connectivity index (χ0n) is 16.1. The lowest BCUT2D eigenvalue weighted by atomic mass is 10.0. The largest absolute Gasteiger partial charge is 0.489 e. The van der Waals surface area contributed by atoms with Crippen LogP contribution < -0.4 is 10.1 Å². The second-order valence-electron chi connectivity index (χ2n) is 7.10. The van der Waals surface area contributed by atoms with Crippen LogP contribution >= 0.6 is 11.3 Å². The van der Waals surface area contributed by atoms with Crippen molar-refractivity contribution in [2.75, 3.05) is 11.9 Å². The van der Waals surface area contributed by atoms with E-state index in [1.165, 1.54) is 18.3 Å². The van der Waals surface area contributed by atoms with Crippen molar-refractivity contribution in [2.45, 2.75) is 59.2 Å². The van der Waals surface area contributed by atoms with Gasteiger partial charge in [-0.05, 0) is 33.6 Å². The Morgan fingerprint density at radius 2 is 2.04 bits per heavy atom. The minimum Gasteiger partial charge on any atom is -0.489 e. The molecule has 6 nitrogen and oxygen atoms in total. The SMILES string of the molecule is CC(=O)Nc1nc(F)c(CN2C[C@@H](Oc3cc(C)nc(C)c3)CC[C@@H]2C)s1. The molecule has 1 fully saturated rings. The Hall–Kier alpha value is -2.06. The normalized spacial score (nSPS) is 20.5. The molecule has 3 rings (SSSR count). The fourth-order valence-electron chi connectivity index (χ4n) is 3.33. The number of aromatic nitrogens is 2. The van der Waals surface area contributed by atoms with E-state index in [1.54, 1.807) is 0 Å². The van der Waals surface area contributed by atoms with E-state index in [4.69, 9.17) is 4.74 Å². The maximum atomic E-state index is 14.2. The van der Waals surface area contributed by atoms with Crippen LogP contribution in [0.1, 0.15) is 43.0 Å². The van der Waals surface area contributed by atoms with E-state index >= 15 is 0 Å². The van der Waals surface area contributed by atoms with Crippen molar-refractivity contribution in [3.63, 3.8) is 0 Å². The molecule has 0 aliphatic carbocycles. The number of hydrogen-bond acceptors (Lipinski definition) is 6. The van der Waals surface area contributed by atoms with Gasteiger partial charge in [-0.3, -0.25) is 14.7 Å². The summed E-state index contributed by atoms with van der Waals surface area (Å²) in [6.45, 7) is 8.61. The lowest BCUT2D eigenvalue weighted by Crippen LogP contribution is -2.45.